The third-order valence-electron chi connectivity index (χ3n) is 5.35. The maximum Gasteiger partial charge on any atom is 0.230 e. The van der Waals surface area contributed by atoms with Crippen molar-refractivity contribution in [1.82, 2.24) is 29.1 Å². The van der Waals surface area contributed by atoms with Gasteiger partial charge < -0.3 is 14.6 Å². The molecule has 5 heterocycles. The van der Waals surface area contributed by atoms with E-state index in [1.54, 1.807) is 36.1 Å². The lowest BCUT2D eigenvalue weighted by Crippen LogP contribution is -2.54. The number of rotatable bonds is 3. The van der Waals surface area contributed by atoms with Crippen LogP contribution in [0.4, 0.5) is 10.2 Å². The van der Waals surface area contributed by atoms with E-state index in [9.17, 15) is 9.18 Å². The van der Waals surface area contributed by atoms with Crippen molar-refractivity contribution in [2.75, 3.05) is 18.0 Å². The molecular weight excluding hydrogens is 385 g/mol. The summed E-state index contributed by atoms with van der Waals surface area (Å²) < 4.78 is 17.6. The van der Waals surface area contributed by atoms with E-state index in [2.05, 4.69) is 34.0 Å². The maximum atomic E-state index is 14.4. The summed E-state index contributed by atoms with van der Waals surface area (Å²) in [4.78, 5) is 28.4. The highest BCUT2D eigenvalue weighted by Crippen LogP contribution is 2.19. The number of pyridine rings is 1. The highest BCUT2D eigenvalue weighted by molar-refractivity contribution is 6.07. The Morgan fingerprint density at radius 3 is 2.73 bits per heavy atom. The van der Waals surface area contributed by atoms with E-state index in [-0.39, 0.29) is 22.8 Å². The van der Waals surface area contributed by atoms with Crippen LogP contribution in [0.3, 0.4) is 0 Å². The average molecular weight is 407 g/mol. The van der Waals surface area contributed by atoms with E-state index in [1.807, 2.05) is 6.07 Å². The van der Waals surface area contributed by atoms with Crippen LogP contribution in [-0.2, 0) is 0 Å². The number of nitrogens with one attached hydrogen (secondary N) is 1. The molecule has 1 saturated heterocycles. The lowest BCUT2D eigenvalue weighted by atomic mass is 10.1. The molecule has 0 aliphatic carbocycles. The van der Waals surface area contributed by atoms with Gasteiger partial charge in [-0.2, -0.15) is 0 Å². The zero-order valence-corrected chi connectivity index (χ0v) is 17.0. The number of aromatic nitrogens is 5. The minimum Gasteiger partial charge on any atom is -0.353 e. The molecule has 0 aromatic carbocycles. The molecule has 4 aromatic heterocycles. The second kappa shape index (κ2) is 6.88. The number of anilines is 1. The van der Waals surface area contributed by atoms with Crippen LogP contribution in [0.5, 0.6) is 0 Å². The van der Waals surface area contributed by atoms with Crippen molar-refractivity contribution >= 4 is 22.9 Å². The Labute approximate surface area is 172 Å². The molecule has 1 aliphatic heterocycles. The molecule has 9 heteroatoms. The molecule has 0 saturated carbocycles. The summed E-state index contributed by atoms with van der Waals surface area (Å²) in [5.74, 6) is 0.128. The van der Waals surface area contributed by atoms with Crippen LogP contribution in [0.1, 0.15) is 35.7 Å². The van der Waals surface area contributed by atoms with E-state index in [1.165, 1.54) is 10.5 Å². The number of piperazine rings is 1. The zero-order valence-electron chi connectivity index (χ0n) is 17.0. The van der Waals surface area contributed by atoms with Gasteiger partial charge >= 0.3 is 0 Å². The van der Waals surface area contributed by atoms with Crippen molar-refractivity contribution < 1.29 is 9.18 Å². The van der Waals surface area contributed by atoms with Crippen molar-refractivity contribution in [1.29, 1.82) is 0 Å². The first-order valence-electron chi connectivity index (χ1n) is 9.93. The number of fused-ring (bicyclic) bond motifs is 2. The third kappa shape index (κ3) is 3.11. The predicted octanol–water partition coefficient (Wildman–Crippen LogP) is 2.24. The summed E-state index contributed by atoms with van der Waals surface area (Å²) in [7, 11) is 0. The summed E-state index contributed by atoms with van der Waals surface area (Å²) in [6.07, 6.45) is 6.63. The Hall–Kier alpha value is -3.33. The summed E-state index contributed by atoms with van der Waals surface area (Å²) >= 11 is 0. The quantitative estimate of drug-likeness (QED) is 0.525. The molecule has 0 amide bonds. The molecule has 0 unspecified atom stereocenters. The largest absolute Gasteiger partial charge is 0.353 e. The smallest absolute Gasteiger partial charge is 0.230 e. The number of nitrogens with zero attached hydrogens (tertiary/aromatic N) is 6. The van der Waals surface area contributed by atoms with Crippen LogP contribution in [0.2, 0.25) is 0 Å². The number of hydrogen-bond acceptors (Lipinski definition) is 6. The Bertz CT molecular complexity index is 1270. The van der Waals surface area contributed by atoms with Crippen LogP contribution >= 0.6 is 0 Å². The van der Waals surface area contributed by atoms with Crippen LogP contribution in [0, 0.1) is 12.7 Å². The van der Waals surface area contributed by atoms with E-state index in [0.717, 1.165) is 18.9 Å². The molecule has 154 valence electrons. The van der Waals surface area contributed by atoms with E-state index in [0.29, 0.717) is 23.4 Å². The normalized spacial score (nSPS) is 19.7. The van der Waals surface area contributed by atoms with E-state index < -0.39 is 5.82 Å². The first kappa shape index (κ1) is 18.7. The molecule has 4 aromatic rings. The second-order valence-corrected chi connectivity index (χ2v) is 7.99. The van der Waals surface area contributed by atoms with Gasteiger partial charge in [0.2, 0.25) is 5.78 Å². The monoisotopic (exact) mass is 407 g/mol. The van der Waals surface area contributed by atoms with Gasteiger partial charge in [-0.05, 0) is 32.9 Å². The lowest BCUT2D eigenvalue weighted by Gasteiger charge is -2.36. The number of aryl methyl sites for hydroxylation is 1. The second-order valence-electron chi connectivity index (χ2n) is 7.99. The summed E-state index contributed by atoms with van der Waals surface area (Å²) in [5, 5.41) is 3.50. The highest BCUT2D eigenvalue weighted by atomic mass is 19.1. The standard InChI is InChI=1S/C21H22FN7O/c1-12-8-27(9-13(2)24-12)17-4-5-29-18(26-17)7-23-21(29)19(30)15-6-16(22)20-25-14(3)10-28(20)11-15/h4-7,10-13,24H,8-9H2,1-3H3/t12-,13-/m0/s1. The molecule has 8 nitrogen and oxygen atoms in total. The number of carbonyl (C=O) groups excluding carboxylic acids is 1. The first-order chi connectivity index (χ1) is 14.4. The van der Waals surface area contributed by atoms with Crippen molar-refractivity contribution in [2.45, 2.75) is 32.9 Å². The molecule has 0 bridgehead atoms. The molecule has 2 atom stereocenters. The van der Waals surface area contributed by atoms with Crippen molar-refractivity contribution in [3.63, 3.8) is 0 Å². The molecule has 1 fully saturated rings. The number of imidazole rings is 2. The van der Waals surface area contributed by atoms with Crippen LogP contribution in [0.25, 0.3) is 11.3 Å². The van der Waals surface area contributed by atoms with Gasteiger partial charge in [0.15, 0.2) is 22.9 Å². The van der Waals surface area contributed by atoms with Crippen molar-refractivity contribution in [3.05, 3.63) is 59.8 Å². The van der Waals surface area contributed by atoms with Gasteiger partial charge in [-0.1, -0.05) is 0 Å². The number of ketones is 1. The first-order valence-corrected chi connectivity index (χ1v) is 9.93. The Kier molecular flexibility index (Phi) is 4.28. The Morgan fingerprint density at radius 1 is 1.20 bits per heavy atom. The summed E-state index contributed by atoms with van der Waals surface area (Å²) in [5.41, 5.74) is 1.66. The average Bonchev–Trinajstić information content (AvgIpc) is 3.29. The molecule has 0 spiro atoms. The minimum atomic E-state index is -0.544. The van der Waals surface area contributed by atoms with Gasteiger partial charge in [0.25, 0.3) is 0 Å². The van der Waals surface area contributed by atoms with Crippen LogP contribution in [-0.4, -0.2) is 54.7 Å². The molecule has 5 rings (SSSR count). The Morgan fingerprint density at radius 2 is 1.97 bits per heavy atom. The SMILES string of the molecule is Cc1cn2cc(C(=O)c3ncc4nc(N5C[C@H](C)N[C@@H](C)C5)ccn34)cc(F)c2n1. The van der Waals surface area contributed by atoms with Crippen LogP contribution < -0.4 is 10.2 Å². The highest BCUT2D eigenvalue weighted by Gasteiger charge is 2.23. The van der Waals surface area contributed by atoms with E-state index >= 15 is 0 Å². The fourth-order valence-electron chi connectivity index (χ4n) is 4.17. The van der Waals surface area contributed by atoms with Gasteiger partial charge in [0.1, 0.15) is 5.82 Å². The van der Waals surface area contributed by atoms with Crippen LogP contribution in [0.15, 0.2) is 36.9 Å². The van der Waals surface area contributed by atoms with Gasteiger partial charge in [0, 0.05) is 49.3 Å². The molecule has 0 radical (unpaired) electrons. The maximum absolute atomic E-state index is 14.4. The third-order valence-corrected chi connectivity index (χ3v) is 5.35. The summed E-state index contributed by atoms with van der Waals surface area (Å²) in [6.45, 7) is 7.79. The lowest BCUT2D eigenvalue weighted by molar-refractivity contribution is 0.102. The Balaban J connectivity index is 1.50. The topological polar surface area (TPSA) is 79.8 Å². The van der Waals surface area contributed by atoms with E-state index in [4.69, 9.17) is 4.98 Å². The number of halogens is 1. The number of hydrogen-bond donors (Lipinski definition) is 1. The fourth-order valence-corrected chi connectivity index (χ4v) is 4.17. The molecule has 1 N–H and O–H groups in total. The minimum absolute atomic E-state index is 0.196. The fraction of sp³-hybridized carbons (Fsp3) is 0.333. The predicted molar refractivity (Wildman–Crippen MR) is 111 cm³/mol. The van der Waals surface area contributed by atoms with Gasteiger partial charge in [-0.15, -0.1) is 0 Å². The zero-order chi connectivity index (χ0) is 21.0. The van der Waals surface area contributed by atoms with Crippen molar-refractivity contribution in [3.8, 4) is 0 Å². The molecular formula is C21H22FN7O. The van der Waals surface area contributed by atoms with Gasteiger partial charge in [0.05, 0.1) is 11.9 Å². The van der Waals surface area contributed by atoms with Gasteiger partial charge in [-0.3, -0.25) is 9.20 Å². The molecule has 30 heavy (non-hydrogen) atoms. The number of carbonyl (C=O) groups is 1. The summed E-state index contributed by atoms with van der Waals surface area (Å²) in [6, 6.07) is 3.83. The van der Waals surface area contributed by atoms with Crippen molar-refractivity contribution in [2.24, 2.45) is 0 Å². The molecule has 1 aliphatic rings. The van der Waals surface area contributed by atoms with Gasteiger partial charge in [-0.25, -0.2) is 19.3 Å².